The number of H-pyrrole nitrogens is 1. The molecule has 0 atom stereocenters. The van der Waals surface area contributed by atoms with Crippen LogP contribution in [0.15, 0.2) is 18.6 Å². The quantitative estimate of drug-likeness (QED) is 0.832. The van der Waals surface area contributed by atoms with E-state index in [-0.39, 0.29) is 0 Å². The van der Waals surface area contributed by atoms with Crippen LogP contribution in [0.4, 0.5) is 5.95 Å². The lowest BCUT2D eigenvalue weighted by Gasteiger charge is -2.11. The van der Waals surface area contributed by atoms with Gasteiger partial charge in [-0.3, -0.25) is 5.10 Å². The molecule has 17 heavy (non-hydrogen) atoms. The van der Waals surface area contributed by atoms with E-state index >= 15 is 0 Å². The normalized spacial score (nSPS) is 11.1. The predicted octanol–water partition coefficient (Wildman–Crippen LogP) is 2.18. The highest BCUT2D eigenvalue weighted by Gasteiger charge is 2.05. The van der Waals surface area contributed by atoms with Gasteiger partial charge in [0.05, 0.1) is 6.20 Å². The number of aryl methyl sites for hydroxylation is 1. The molecule has 0 saturated heterocycles. The summed E-state index contributed by atoms with van der Waals surface area (Å²) in [6, 6.07) is 0. The van der Waals surface area contributed by atoms with E-state index < -0.39 is 0 Å². The van der Waals surface area contributed by atoms with E-state index in [1.807, 2.05) is 25.5 Å². The van der Waals surface area contributed by atoms with Crippen LogP contribution in [-0.4, -0.2) is 19.7 Å². The van der Waals surface area contributed by atoms with Crippen molar-refractivity contribution in [1.29, 1.82) is 0 Å². The third-order valence-electron chi connectivity index (χ3n) is 2.65. The lowest BCUT2D eigenvalue weighted by Crippen LogP contribution is -2.10. The monoisotopic (exact) mass is 233 g/mol. The number of aromatic amines is 1. The number of anilines is 1. The highest BCUT2D eigenvalue weighted by atomic mass is 15.2. The van der Waals surface area contributed by atoms with Gasteiger partial charge in [-0.2, -0.15) is 5.10 Å². The van der Waals surface area contributed by atoms with Crippen molar-refractivity contribution in [3.8, 4) is 0 Å². The Morgan fingerprint density at radius 1 is 1.47 bits per heavy atom. The van der Waals surface area contributed by atoms with Gasteiger partial charge in [0.15, 0.2) is 0 Å². The zero-order chi connectivity index (χ0) is 12.3. The Balaban J connectivity index is 1.99. The Bertz CT molecular complexity index is 469. The number of nitrogens with one attached hydrogen (secondary N) is 2. The summed E-state index contributed by atoms with van der Waals surface area (Å²) in [6.07, 6.45) is 5.68. The molecule has 92 valence electrons. The molecule has 5 heteroatoms. The molecule has 0 radical (unpaired) electrons. The van der Waals surface area contributed by atoms with Crippen LogP contribution in [0, 0.1) is 12.8 Å². The van der Waals surface area contributed by atoms with Gasteiger partial charge in [-0.25, -0.2) is 4.98 Å². The molecular weight excluding hydrogens is 214 g/mol. The minimum atomic E-state index is 0.611. The molecule has 2 aromatic heterocycles. The topological polar surface area (TPSA) is 58.5 Å². The molecule has 0 saturated carbocycles. The molecule has 0 aliphatic carbocycles. The smallest absolute Gasteiger partial charge is 0.203 e. The summed E-state index contributed by atoms with van der Waals surface area (Å²) in [7, 11) is 0. The van der Waals surface area contributed by atoms with Gasteiger partial charge in [-0.15, -0.1) is 0 Å². The molecule has 0 aromatic carbocycles. The maximum Gasteiger partial charge on any atom is 0.203 e. The van der Waals surface area contributed by atoms with E-state index in [0.29, 0.717) is 5.92 Å². The van der Waals surface area contributed by atoms with Crippen LogP contribution in [-0.2, 0) is 13.1 Å². The molecule has 0 aliphatic heterocycles. The summed E-state index contributed by atoms with van der Waals surface area (Å²) in [5.41, 5.74) is 2.27. The first-order valence-corrected chi connectivity index (χ1v) is 5.90. The van der Waals surface area contributed by atoms with E-state index in [2.05, 4.69) is 38.9 Å². The fourth-order valence-corrected chi connectivity index (χ4v) is 1.75. The van der Waals surface area contributed by atoms with Crippen molar-refractivity contribution in [2.75, 3.05) is 5.32 Å². The second kappa shape index (κ2) is 5.03. The van der Waals surface area contributed by atoms with E-state index in [0.717, 1.165) is 24.7 Å². The second-order valence-corrected chi connectivity index (χ2v) is 4.67. The molecule has 0 fully saturated rings. The molecule has 0 spiro atoms. The van der Waals surface area contributed by atoms with Crippen LogP contribution in [0.2, 0.25) is 0 Å². The van der Waals surface area contributed by atoms with Gasteiger partial charge in [-0.05, 0) is 12.8 Å². The summed E-state index contributed by atoms with van der Waals surface area (Å²) >= 11 is 0. The summed E-state index contributed by atoms with van der Waals surface area (Å²) in [4.78, 5) is 4.32. The first kappa shape index (κ1) is 11.7. The van der Waals surface area contributed by atoms with Crippen LogP contribution >= 0.6 is 0 Å². The zero-order valence-corrected chi connectivity index (χ0v) is 10.6. The van der Waals surface area contributed by atoms with Crippen molar-refractivity contribution >= 4 is 5.95 Å². The van der Waals surface area contributed by atoms with Crippen molar-refractivity contribution in [1.82, 2.24) is 19.7 Å². The van der Waals surface area contributed by atoms with Crippen molar-refractivity contribution in [2.45, 2.75) is 33.9 Å². The van der Waals surface area contributed by atoms with E-state index in [9.17, 15) is 0 Å². The maximum absolute atomic E-state index is 4.32. The Morgan fingerprint density at radius 2 is 2.29 bits per heavy atom. The largest absolute Gasteiger partial charge is 0.351 e. The van der Waals surface area contributed by atoms with E-state index in [4.69, 9.17) is 0 Å². The number of imidazole rings is 1. The average molecular weight is 233 g/mol. The SMILES string of the molecule is Cc1[nH]ncc1CNc1nccn1CC(C)C. The number of rotatable bonds is 5. The first-order valence-electron chi connectivity index (χ1n) is 5.90. The minimum absolute atomic E-state index is 0.611. The Morgan fingerprint density at radius 3 is 2.94 bits per heavy atom. The van der Waals surface area contributed by atoms with E-state index in [1.54, 1.807) is 0 Å². The van der Waals surface area contributed by atoms with Crippen LogP contribution in [0.3, 0.4) is 0 Å². The third kappa shape index (κ3) is 2.87. The molecule has 5 nitrogen and oxygen atoms in total. The highest BCUT2D eigenvalue weighted by Crippen LogP contribution is 2.10. The summed E-state index contributed by atoms with van der Waals surface area (Å²) < 4.78 is 2.14. The summed E-state index contributed by atoms with van der Waals surface area (Å²) in [5, 5.41) is 10.3. The summed E-state index contributed by atoms with van der Waals surface area (Å²) in [6.45, 7) is 8.14. The maximum atomic E-state index is 4.32. The van der Waals surface area contributed by atoms with E-state index in [1.165, 1.54) is 5.56 Å². The molecule has 2 N–H and O–H groups in total. The standard InChI is InChI=1S/C12H19N5/c1-9(2)8-17-5-4-13-12(17)14-6-11-7-15-16-10(11)3/h4-5,7,9H,6,8H2,1-3H3,(H,13,14)(H,15,16). The molecule has 0 unspecified atom stereocenters. The number of nitrogens with zero attached hydrogens (tertiary/aromatic N) is 3. The highest BCUT2D eigenvalue weighted by molar-refractivity contribution is 5.29. The Labute approximate surface area is 101 Å². The van der Waals surface area contributed by atoms with Crippen molar-refractivity contribution in [2.24, 2.45) is 5.92 Å². The molecule has 2 rings (SSSR count). The number of aromatic nitrogens is 4. The van der Waals surface area contributed by atoms with Gasteiger partial charge >= 0.3 is 0 Å². The van der Waals surface area contributed by atoms with Crippen LogP contribution in [0.25, 0.3) is 0 Å². The molecule has 2 heterocycles. The van der Waals surface area contributed by atoms with Crippen LogP contribution in [0.5, 0.6) is 0 Å². The fraction of sp³-hybridized carbons (Fsp3) is 0.500. The lowest BCUT2D eigenvalue weighted by atomic mass is 10.2. The van der Waals surface area contributed by atoms with Crippen LogP contribution in [0.1, 0.15) is 25.1 Å². The van der Waals surface area contributed by atoms with Gasteiger partial charge in [0, 0.05) is 36.7 Å². The van der Waals surface area contributed by atoms with Crippen molar-refractivity contribution < 1.29 is 0 Å². The fourth-order valence-electron chi connectivity index (χ4n) is 1.75. The number of hydrogen-bond acceptors (Lipinski definition) is 3. The summed E-state index contributed by atoms with van der Waals surface area (Å²) in [5.74, 6) is 1.53. The minimum Gasteiger partial charge on any atom is -0.351 e. The van der Waals surface area contributed by atoms with Gasteiger partial charge in [0.1, 0.15) is 0 Å². The Hall–Kier alpha value is -1.78. The zero-order valence-electron chi connectivity index (χ0n) is 10.6. The van der Waals surface area contributed by atoms with Crippen LogP contribution < -0.4 is 5.32 Å². The molecule has 2 aromatic rings. The van der Waals surface area contributed by atoms with Crippen molar-refractivity contribution in [3.63, 3.8) is 0 Å². The second-order valence-electron chi connectivity index (χ2n) is 4.67. The predicted molar refractivity (Wildman–Crippen MR) is 67.7 cm³/mol. The van der Waals surface area contributed by atoms with Crippen molar-refractivity contribution in [3.05, 3.63) is 29.8 Å². The average Bonchev–Trinajstić information content (AvgIpc) is 2.84. The van der Waals surface area contributed by atoms with Gasteiger partial charge in [0.25, 0.3) is 0 Å². The molecule has 0 amide bonds. The van der Waals surface area contributed by atoms with Gasteiger partial charge < -0.3 is 9.88 Å². The molecule has 0 bridgehead atoms. The van der Waals surface area contributed by atoms with Gasteiger partial charge in [-0.1, -0.05) is 13.8 Å². The third-order valence-corrected chi connectivity index (χ3v) is 2.65. The lowest BCUT2D eigenvalue weighted by molar-refractivity contribution is 0.526. The molecule has 0 aliphatic rings. The Kier molecular flexibility index (Phi) is 3.46. The first-order chi connectivity index (χ1) is 8.16. The number of hydrogen-bond donors (Lipinski definition) is 2. The molecular formula is C12H19N5. The van der Waals surface area contributed by atoms with Gasteiger partial charge in [0.2, 0.25) is 5.95 Å².